The van der Waals surface area contributed by atoms with Crippen molar-refractivity contribution < 1.29 is 9.47 Å². The molecule has 0 saturated heterocycles. The van der Waals surface area contributed by atoms with Crippen LogP contribution in [0.5, 0.6) is 5.75 Å². The van der Waals surface area contributed by atoms with Crippen LogP contribution >= 0.6 is 0 Å². The van der Waals surface area contributed by atoms with Crippen LogP contribution in [-0.4, -0.2) is 38.4 Å². The number of aliphatic imine (C=N–C) groups is 1. The fraction of sp³-hybridized carbons (Fsp3) is 0.650. The Morgan fingerprint density at radius 1 is 1.16 bits per heavy atom. The summed E-state index contributed by atoms with van der Waals surface area (Å²) in [6.45, 7) is 7.96. The number of ether oxygens (including phenoxy) is 2. The summed E-state index contributed by atoms with van der Waals surface area (Å²) in [5, 5.41) is 6.65. The molecule has 140 valence electrons. The third-order valence-corrected chi connectivity index (χ3v) is 4.28. The van der Waals surface area contributed by atoms with Crippen LogP contribution < -0.4 is 15.4 Å². The van der Waals surface area contributed by atoms with E-state index in [1.165, 1.54) is 25.7 Å². The number of para-hydroxylation sites is 1. The maximum Gasteiger partial charge on any atom is 0.191 e. The molecule has 5 heteroatoms. The number of rotatable bonds is 10. The van der Waals surface area contributed by atoms with E-state index in [0.29, 0.717) is 12.6 Å². The molecule has 1 saturated carbocycles. The zero-order valence-corrected chi connectivity index (χ0v) is 15.7. The first-order chi connectivity index (χ1) is 12.3. The molecule has 0 atom stereocenters. The highest BCUT2D eigenvalue weighted by Gasteiger charge is 2.17. The second-order valence-electron chi connectivity index (χ2n) is 6.30. The van der Waals surface area contributed by atoms with Crippen LogP contribution in [0.25, 0.3) is 0 Å². The van der Waals surface area contributed by atoms with Gasteiger partial charge >= 0.3 is 0 Å². The van der Waals surface area contributed by atoms with Crippen molar-refractivity contribution in [2.75, 3.05) is 26.3 Å². The largest absolute Gasteiger partial charge is 0.490 e. The van der Waals surface area contributed by atoms with Gasteiger partial charge in [0.25, 0.3) is 0 Å². The SMILES string of the molecule is CCNC(=NCc1ccccc1OC1CCCC1)NCCCOCC. The third kappa shape index (κ3) is 7.34. The van der Waals surface area contributed by atoms with Crippen LogP contribution in [-0.2, 0) is 11.3 Å². The summed E-state index contributed by atoms with van der Waals surface area (Å²) in [7, 11) is 0. The van der Waals surface area contributed by atoms with Crippen molar-refractivity contribution in [2.45, 2.75) is 58.6 Å². The zero-order valence-electron chi connectivity index (χ0n) is 15.7. The first-order valence-electron chi connectivity index (χ1n) is 9.68. The van der Waals surface area contributed by atoms with E-state index in [9.17, 15) is 0 Å². The monoisotopic (exact) mass is 347 g/mol. The quantitative estimate of drug-likeness (QED) is 0.386. The van der Waals surface area contributed by atoms with E-state index in [4.69, 9.17) is 14.5 Å². The molecule has 1 fully saturated rings. The number of guanidine groups is 1. The first kappa shape index (κ1) is 19.6. The fourth-order valence-corrected chi connectivity index (χ4v) is 2.97. The Balaban J connectivity index is 1.89. The van der Waals surface area contributed by atoms with Gasteiger partial charge in [0, 0.05) is 31.9 Å². The fourth-order valence-electron chi connectivity index (χ4n) is 2.97. The predicted octanol–water partition coefficient (Wildman–Crippen LogP) is 3.49. The molecule has 2 rings (SSSR count). The van der Waals surface area contributed by atoms with Gasteiger partial charge in [0.15, 0.2) is 5.96 Å². The first-order valence-corrected chi connectivity index (χ1v) is 9.68. The molecule has 1 aromatic carbocycles. The smallest absolute Gasteiger partial charge is 0.191 e. The number of nitrogens with one attached hydrogen (secondary N) is 2. The van der Waals surface area contributed by atoms with Gasteiger partial charge in [-0.05, 0) is 52.0 Å². The second kappa shape index (κ2) is 11.7. The lowest BCUT2D eigenvalue weighted by molar-refractivity contribution is 0.145. The van der Waals surface area contributed by atoms with Crippen molar-refractivity contribution in [1.82, 2.24) is 10.6 Å². The molecule has 0 spiro atoms. The highest BCUT2D eigenvalue weighted by molar-refractivity contribution is 5.79. The van der Waals surface area contributed by atoms with Crippen LogP contribution in [0.4, 0.5) is 0 Å². The van der Waals surface area contributed by atoms with E-state index in [1.54, 1.807) is 0 Å². The van der Waals surface area contributed by atoms with Crippen molar-refractivity contribution >= 4 is 5.96 Å². The van der Waals surface area contributed by atoms with Crippen LogP contribution in [0, 0.1) is 0 Å². The Hall–Kier alpha value is -1.75. The van der Waals surface area contributed by atoms with Crippen molar-refractivity contribution in [3.05, 3.63) is 29.8 Å². The maximum atomic E-state index is 6.20. The Labute approximate surface area is 152 Å². The molecule has 25 heavy (non-hydrogen) atoms. The molecule has 1 aliphatic carbocycles. The van der Waals surface area contributed by atoms with Gasteiger partial charge in [-0.15, -0.1) is 0 Å². The molecule has 0 aromatic heterocycles. The molecule has 2 N–H and O–H groups in total. The Morgan fingerprint density at radius 3 is 2.72 bits per heavy atom. The average molecular weight is 348 g/mol. The van der Waals surface area contributed by atoms with Gasteiger partial charge in [-0.1, -0.05) is 18.2 Å². The van der Waals surface area contributed by atoms with Gasteiger partial charge in [-0.25, -0.2) is 4.99 Å². The van der Waals surface area contributed by atoms with Gasteiger partial charge in [0.2, 0.25) is 0 Å². The van der Waals surface area contributed by atoms with Crippen molar-refractivity contribution in [3.8, 4) is 5.75 Å². The molecule has 5 nitrogen and oxygen atoms in total. The summed E-state index contributed by atoms with van der Waals surface area (Å²) in [5.41, 5.74) is 1.14. The molecule has 0 bridgehead atoms. The number of hydrogen-bond donors (Lipinski definition) is 2. The van der Waals surface area contributed by atoms with Crippen LogP contribution in [0.1, 0.15) is 51.5 Å². The van der Waals surface area contributed by atoms with Gasteiger partial charge in [-0.3, -0.25) is 0 Å². The van der Waals surface area contributed by atoms with Crippen molar-refractivity contribution in [2.24, 2.45) is 4.99 Å². The molecule has 1 aromatic rings. The summed E-state index contributed by atoms with van der Waals surface area (Å²) < 4.78 is 11.6. The molecular formula is C20H33N3O2. The van der Waals surface area contributed by atoms with E-state index in [-0.39, 0.29) is 0 Å². The molecule has 0 radical (unpaired) electrons. The minimum absolute atomic E-state index is 0.370. The number of hydrogen-bond acceptors (Lipinski definition) is 3. The standard InChI is InChI=1S/C20H33N3O2/c1-3-21-20(22-14-9-15-24-4-2)23-16-17-10-5-8-13-19(17)25-18-11-6-7-12-18/h5,8,10,13,18H,3-4,6-7,9,11-12,14-16H2,1-2H3,(H2,21,22,23). The van der Waals surface area contributed by atoms with Crippen LogP contribution in [0.15, 0.2) is 29.3 Å². The summed E-state index contributed by atoms with van der Waals surface area (Å²) in [6.07, 6.45) is 6.24. The van der Waals surface area contributed by atoms with Gasteiger partial charge in [0.05, 0.1) is 12.6 Å². The second-order valence-corrected chi connectivity index (χ2v) is 6.30. The minimum atomic E-state index is 0.370. The average Bonchev–Trinajstić information content (AvgIpc) is 3.13. The van der Waals surface area contributed by atoms with Crippen LogP contribution in [0.3, 0.4) is 0 Å². The summed E-state index contributed by atoms with van der Waals surface area (Å²) in [6, 6.07) is 8.25. The lowest BCUT2D eigenvalue weighted by Crippen LogP contribution is -2.38. The van der Waals surface area contributed by atoms with Gasteiger partial charge in [-0.2, -0.15) is 0 Å². The summed E-state index contributed by atoms with van der Waals surface area (Å²) >= 11 is 0. The third-order valence-electron chi connectivity index (χ3n) is 4.28. The number of nitrogens with zero attached hydrogens (tertiary/aromatic N) is 1. The Bertz CT molecular complexity index is 513. The van der Waals surface area contributed by atoms with Gasteiger partial charge in [0.1, 0.15) is 5.75 Å². The highest BCUT2D eigenvalue weighted by Crippen LogP contribution is 2.26. The number of benzene rings is 1. The maximum absolute atomic E-state index is 6.20. The molecule has 0 unspecified atom stereocenters. The van der Waals surface area contributed by atoms with Crippen molar-refractivity contribution in [1.29, 1.82) is 0 Å². The van der Waals surface area contributed by atoms with E-state index >= 15 is 0 Å². The van der Waals surface area contributed by atoms with E-state index in [0.717, 1.165) is 50.0 Å². The molecule has 1 aliphatic rings. The lowest BCUT2D eigenvalue weighted by Gasteiger charge is -2.16. The summed E-state index contributed by atoms with van der Waals surface area (Å²) in [4.78, 5) is 4.71. The topological polar surface area (TPSA) is 54.9 Å². The molecule has 0 amide bonds. The highest BCUT2D eigenvalue weighted by atomic mass is 16.5. The lowest BCUT2D eigenvalue weighted by atomic mass is 10.2. The Morgan fingerprint density at radius 2 is 1.96 bits per heavy atom. The van der Waals surface area contributed by atoms with E-state index < -0.39 is 0 Å². The molecule has 0 heterocycles. The van der Waals surface area contributed by atoms with Gasteiger partial charge < -0.3 is 20.1 Å². The Kier molecular flexibility index (Phi) is 9.19. The van der Waals surface area contributed by atoms with E-state index in [2.05, 4.69) is 35.8 Å². The predicted molar refractivity (Wildman–Crippen MR) is 103 cm³/mol. The van der Waals surface area contributed by atoms with Crippen LogP contribution in [0.2, 0.25) is 0 Å². The van der Waals surface area contributed by atoms with E-state index in [1.807, 2.05) is 13.0 Å². The normalized spacial score (nSPS) is 15.4. The summed E-state index contributed by atoms with van der Waals surface area (Å²) in [5.74, 6) is 1.82. The molecule has 0 aliphatic heterocycles. The van der Waals surface area contributed by atoms with Crippen molar-refractivity contribution in [3.63, 3.8) is 0 Å². The minimum Gasteiger partial charge on any atom is -0.490 e. The zero-order chi connectivity index (χ0) is 17.7. The molecular weight excluding hydrogens is 314 g/mol.